The minimum Gasteiger partial charge on any atom is -0.290 e. The second kappa shape index (κ2) is 4.23. The second-order valence-electron chi connectivity index (χ2n) is 5.51. The van der Waals surface area contributed by atoms with Gasteiger partial charge in [-0.2, -0.15) is 0 Å². The molecule has 1 fully saturated rings. The van der Waals surface area contributed by atoms with Gasteiger partial charge in [-0.3, -0.25) is 4.79 Å². The first-order valence-corrected chi connectivity index (χ1v) is 6.93. The van der Waals surface area contributed by atoms with Crippen molar-refractivity contribution >= 4 is 5.78 Å². The molecule has 0 radical (unpaired) electrons. The number of Topliss-reactive ketones (excluding diaryl/α,β-unsaturated/α-hetero) is 1. The Bertz CT molecular complexity index is 663. The summed E-state index contributed by atoms with van der Waals surface area (Å²) in [5.41, 5.74) is 1.00. The molecule has 102 valence electrons. The van der Waals surface area contributed by atoms with Gasteiger partial charge in [-0.15, -0.1) is 5.10 Å². The van der Waals surface area contributed by atoms with E-state index in [2.05, 4.69) is 10.1 Å². The summed E-state index contributed by atoms with van der Waals surface area (Å²) in [6, 6.07) is 9.53. The molecular formula is C15H14FN3O. The van der Waals surface area contributed by atoms with Gasteiger partial charge in [-0.25, -0.2) is 14.1 Å². The number of halogens is 1. The number of benzene rings is 1. The van der Waals surface area contributed by atoms with Crippen LogP contribution in [0.2, 0.25) is 0 Å². The van der Waals surface area contributed by atoms with Crippen LogP contribution in [0.25, 0.3) is 0 Å². The number of carbonyl (C=O) groups is 1. The molecule has 0 amide bonds. The fourth-order valence-corrected chi connectivity index (χ4v) is 2.76. The Balaban J connectivity index is 1.72. The zero-order valence-electron chi connectivity index (χ0n) is 10.9. The molecule has 0 unspecified atom stereocenters. The number of hydrogen-bond donors (Lipinski definition) is 0. The maximum Gasteiger partial charge on any atom is 0.217 e. The zero-order chi connectivity index (χ0) is 13.7. The summed E-state index contributed by atoms with van der Waals surface area (Å²) < 4.78 is 15.7. The van der Waals surface area contributed by atoms with Gasteiger partial charge < -0.3 is 0 Å². The van der Waals surface area contributed by atoms with Gasteiger partial charge in [0.2, 0.25) is 11.6 Å². The van der Waals surface area contributed by atoms with Crippen molar-refractivity contribution in [3.63, 3.8) is 0 Å². The molecule has 1 saturated carbocycles. The van der Waals surface area contributed by atoms with Crippen LogP contribution in [0.15, 0.2) is 30.3 Å². The van der Waals surface area contributed by atoms with Gasteiger partial charge in [0.25, 0.3) is 0 Å². The molecule has 0 spiro atoms. The predicted molar refractivity (Wildman–Crippen MR) is 70.1 cm³/mol. The second-order valence-corrected chi connectivity index (χ2v) is 5.51. The average Bonchev–Trinajstić information content (AvgIpc) is 3.15. The summed E-state index contributed by atoms with van der Waals surface area (Å²) in [6.07, 6.45) is 1.01. The summed E-state index contributed by atoms with van der Waals surface area (Å²) in [5, 5.41) is 4.28. The van der Waals surface area contributed by atoms with Crippen LogP contribution in [0.3, 0.4) is 0 Å². The third-order valence-electron chi connectivity index (χ3n) is 4.02. The van der Waals surface area contributed by atoms with Gasteiger partial charge in [-0.1, -0.05) is 30.3 Å². The van der Waals surface area contributed by atoms with Crippen molar-refractivity contribution < 1.29 is 9.18 Å². The number of aromatic nitrogens is 3. The number of carbonyl (C=O) groups excluding carboxylic acids is 1. The highest BCUT2D eigenvalue weighted by molar-refractivity contribution is 5.95. The molecule has 1 aliphatic carbocycles. The van der Waals surface area contributed by atoms with Gasteiger partial charge in [0, 0.05) is 12.3 Å². The van der Waals surface area contributed by atoms with E-state index < -0.39 is 6.17 Å². The molecule has 2 aliphatic rings. The van der Waals surface area contributed by atoms with Crippen molar-refractivity contribution in [3.8, 4) is 0 Å². The van der Waals surface area contributed by atoms with E-state index in [0.29, 0.717) is 12.2 Å². The Kier molecular flexibility index (Phi) is 2.49. The first kappa shape index (κ1) is 11.8. The highest BCUT2D eigenvalue weighted by Gasteiger charge is 2.39. The summed E-state index contributed by atoms with van der Waals surface area (Å²) in [4.78, 5) is 16.1. The van der Waals surface area contributed by atoms with Crippen LogP contribution in [-0.2, 0) is 0 Å². The first-order valence-electron chi connectivity index (χ1n) is 6.93. The largest absolute Gasteiger partial charge is 0.290 e. The van der Waals surface area contributed by atoms with Gasteiger partial charge >= 0.3 is 0 Å². The van der Waals surface area contributed by atoms with E-state index in [-0.39, 0.29) is 23.6 Å². The normalized spacial score (nSPS) is 24.6. The van der Waals surface area contributed by atoms with Gasteiger partial charge in [0.1, 0.15) is 0 Å². The fourth-order valence-electron chi connectivity index (χ4n) is 2.76. The van der Waals surface area contributed by atoms with Crippen LogP contribution in [0, 0.1) is 5.92 Å². The molecule has 0 N–H and O–H groups in total. The maximum absolute atomic E-state index is 14.1. The lowest BCUT2D eigenvalue weighted by Gasteiger charge is -2.11. The van der Waals surface area contributed by atoms with E-state index in [4.69, 9.17) is 0 Å². The van der Waals surface area contributed by atoms with Crippen LogP contribution in [0.4, 0.5) is 4.39 Å². The lowest BCUT2D eigenvalue weighted by atomic mass is 10.0. The highest BCUT2D eigenvalue weighted by Crippen LogP contribution is 2.40. The van der Waals surface area contributed by atoms with Crippen molar-refractivity contribution in [1.82, 2.24) is 14.8 Å². The number of nitrogens with zero attached hydrogens (tertiary/aromatic N) is 3. The lowest BCUT2D eigenvalue weighted by molar-refractivity contribution is 0.0956. The summed E-state index contributed by atoms with van der Waals surface area (Å²) in [7, 11) is 0. The zero-order valence-corrected chi connectivity index (χ0v) is 10.9. The average molecular weight is 271 g/mol. The Morgan fingerprint density at radius 3 is 2.70 bits per heavy atom. The van der Waals surface area contributed by atoms with Crippen LogP contribution in [-0.4, -0.2) is 20.5 Å². The van der Waals surface area contributed by atoms with Gasteiger partial charge in [0.15, 0.2) is 12.0 Å². The third-order valence-corrected chi connectivity index (χ3v) is 4.02. The molecule has 0 bridgehead atoms. The first-order chi connectivity index (χ1) is 9.74. The molecule has 4 rings (SSSR count). The van der Waals surface area contributed by atoms with Gasteiger partial charge in [0.05, 0.1) is 6.04 Å². The Morgan fingerprint density at radius 2 is 2.00 bits per heavy atom. The molecule has 2 atom stereocenters. The monoisotopic (exact) mass is 271 g/mol. The number of fused-ring (bicyclic) bond motifs is 1. The van der Waals surface area contributed by atoms with Crippen LogP contribution in [0.5, 0.6) is 0 Å². The minimum atomic E-state index is -1.14. The van der Waals surface area contributed by atoms with Crippen molar-refractivity contribution in [2.24, 2.45) is 5.92 Å². The minimum absolute atomic E-state index is 0.0362. The predicted octanol–water partition coefficient (Wildman–Crippen LogP) is 2.87. The topological polar surface area (TPSA) is 47.8 Å². The van der Waals surface area contributed by atoms with E-state index in [0.717, 1.165) is 18.4 Å². The van der Waals surface area contributed by atoms with E-state index in [1.807, 2.05) is 30.3 Å². The molecule has 20 heavy (non-hydrogen) atoms. The SMILES string of the molecule is O=C(c1nc2n(n1)[C@@H](c1ccccc1)C[C@@H]2F)C1CC1. The molecule has 4 nitrogen and oxygen atoms in total. The summed E-state index contributed by atoms with van der Waals surface area (Å²) in [6.45, 7) is 0. The molecule has 2 aromatic rings. The Morgan fingerprint density at radius 1 is 1.25 bits per heavy atom. The number of alkyl halides is 1. The highest BCUT2D eigenvalue weighted by atomic mass is 19.1. The van der Waals surface area contributed by atoms with E-state index >= 15 is 0 Å². The van der Waals surface area contributed by atoms with Gasteiger partial charge in [-0.05, 0) is 18.4 Å². The van der Waals surface area contributed by atoms with Crippen molar-refractivity contribution in [2.75, 3.05) is 0 Å². The Hall–Kier alpha value is -2.04. The number of rotatable bonds is 3. The fraction of sp³-hybridized carbons (Fsp3) is 0.400. The molecule has 5 heteroatoms. The summed E-state index contributed by atoms with van der Waals surface area (Å²) in [5.74, 6) is 0.505. The van der Waals surface area contributed by atoms with Crippen LogP contribution < -0.4 is 0 Å². The standard InChI is InChI=1S/C15H14FN3O/c16-11-8-12(9-4-2-1-3-5-9)19-15(11)17-14(18-19)13(20)10-6-7-10/h1-5,10-12H,6-8H2/t11-,12+/m0/s1. The van der Waals surface area contributed by atoms with E-state index in [9.17, 15) is 9.18 Å². The summed E-state index contributed by atoms with van der Waals surface area (Å²) >= 11 is 0. The Labute approximate surface area is 115 Å². The quantitative estimate of drug-likeness (QED) is 0.806. The number of hydrogen-bond acceptors (Lipinski definition) is 3. The molecular weight excluding hydrogens is 257 g/mol. The third kappa shape index (κ3) is 1.77. The molecule has 1 aromatic heterocycles. The molecule has 2 heterocycles. The smallest absolute Gasteiger partial charge is 0.217 e. The van der Waals surface area contributed by atoms with Crippen molar-refractivity contribution in [1.29, 1.82) is 0 Å². The van der Waals surface area contributed by atoms with Crippen molar-refractivity contribution in [3.05, 3.63) is 47.5 Å². The molecule has 1 aliphatic heterocycles. The van der Waals surface area contributed by atoms with Crippen LogP contribution in [0.1, 0.15) is 53.5 Å². The van der Waals surface area contributed by atoms with Crippen LogP contribution >= 0.6 is 0 Å². The number of ketones is 1. The molecule has 1 aromatic carbocycles. The van der Waals surface area contributed by atoms with E-state index in [1.54, 1.807) is 4.68 Å². The molecule has 0 saturated heterocycles. The van der Waals surface area contributed by atoms with Crippen molar-refractivity contribution in [2.45, 2.75) is 31.5 Å². The van der Waals surface area contributed by atoms with E-state index in [1.165, 1.54) is 0 Å². The maximum atomic E-state index is 14.1. The lowest BCUT2D eigenvalue weighted by Crippen LogP contribution is -2.10.